The summed E-state index contributed by atoms with van der Waals surface area (Å²) in [6.45, 7) is 2.79. The Kier molecular flexibility index (Phi) is 5.69. The minimum atomic E-state index is -3.36. The lowest BCUT2D eigenvalue weighted by Crippen LogP contribution is -2.29. The lowest BCUT2D eigenvalue weighted by Gasteiger charge is -2.20. The second-order valence-electron chi connectivity index (χ2n) is 6.62. The van der Waals surface area contributed by atoms with Gasteiger partial charge in [0.15, 0.2) is 0 Å². The number of nitrogens with zero attached hydrogens (tertiary/aromatic N) is 2. The zero-order chi connectivity index (χ0) is 20.3. The Morgan fingerprint density at radius 3 is 2.25 bits per heavy atom. The molecule has 1 saturated heterocycles. The van der Waals surface area contributed by atoms with Crippen molar-refractivity contribution in [2.24, 2.45) is 0 Å². The first kappa shape index (κ1) is 19.9. The maximum absolute atomic E-state index is 12.4. The highest BCUT2D eigenvalue weighted by molar-refractivity contribution is 7.92. The van der Waals surface area contributed by atoms with E-state index in [2.05, 4.69) is 5.32 Å². The molecule has 7 nitrogen and oxygen atoms in total. The third-order valence-corrected chi connectivity index (χ3v) is 5.88. The summed E-state index contributed by atoms with van der Waals surface area (Å²) in [7, 11) is -3.36. The number of nitrogens with one attached hydrogen (secondary N) is 1. The summed E-state index contributed by atoms with van der Waals surface area (Å²) in [6, 6.07) is 13.6. The van der Waals surface area contributed by atoms with Gasteiger partial charge in [-0.2, -0.15) is 0 Å². The van der Waals surface area contributed by atoms with E-state index in [-0.39, 0.29) is 11.8 Å². The Balaban J connectivity index is 1.68. The standard InChI is InChI=1S/C20H23N3O4S/c1-3-23(28(2,26)27)18-10-6-15(7-11-18)20(25)21-16-8-12-17(13-9-16)22-14-4-5-19(22)24/h6-13H,3-5,14H2,1-2H3,(H,21,25). The number of sulfonamides is 1. The van der Waals surface area contributed by atoms with E-state index >= 15 is 0 Å². The summed E-state index contributed by atoms with van der Waals surface area (Å²) < 4.78 is 24.8. The van der Waals surface area contributed by atoms with E-state index in [0.717, 1.165) is 24.9 Å². The summed E-state index contributed by atoms with van der Waals surface area (Å²) in [5, 5.41) is 2.81. The zero-order valence-electron chi connectivity index (χ0n) is 15.9. The molecule has 0 spiro atoms. The fourth-order valence-corrected chi connectivity index (χ4v) is 4.21. The number of benzene rings is 2. The Morgan fingerprint density at radius 1 is 1.11 bits per heavy atom. The predicted molar refractivity (Wildman–Crippen MR) is 110 cm³/mol. The van der Waals surface area contributed by atoms with Gasteiger partial charge in [-0.05, 0) is 61.9 Å². The third-order valence-electron chi connectivity index (χ3n) is 4.62. The summed E-state index contributed by atoms with van der Waals surface area (Å²) in [4.78, 5) is 26.0. The average Bonchev–Trinajstić information content (AvgIpc) is 3.08. The van der Waals surface area contributed by atoms with Crippen molar-refractivity contribution in [3.8, 4) is 0 Å². The number of hydrogen-bond donors (Lipinski definition) is 1. The van der Waals surface area contributed by atoms with Crippen molar-refractivity contribution < 1.29 is 18.0 Å². The summed E-state index contributed by atoms with van der Waals surface area (Å²) in [6.07, 6.45) is 2.59. The van der Waals surface area contributed by atoms with Crippen molar-refractivity contribution >= 4 is 38.9 Å². The fourth-order valence-electron chi connectivity index (χ4n) is 3.24. The van der Waals surface area contributed by atoms with E-state index in [1.165, 1.54) is 4.31 Å². The van der Waals surface area contributed by atoms with Gasteiger partial charge in [-0.25, -0.2) is 8.42 Å². The van der Waals surface area contributed by atoms with Gasteiger partial charge in [-0.1, -0.05) is 0 Å². The first-order valence-electron chi connectivity index (χ1n) is 9.09. The molecular weight excluding hydrogens is 378 g/mol. The lowest BCUT2D eigenvalue weighted by atomic mass is 10.2. The van der Waals surface area contributed by atoms with E-state index < -0.39 is 10.0 Å². The van der Waals surface area contributed by atoms with Gasteiger partial charge in [0.1, 0.15) is 0 Å². The minimum absolute atomic E-state index is 0.118. The summed E-state index contributed by atoms with van der Waals surface area (Å²) >= 11 is 0. The van der Waals surface area contributed by atoms with E-state index in [4.69, 9.17) is 0 Å². The lowest BCUT2D eigenvalue weighted by molar-refractivity contribution is -0.117. The number of carbonyl (C=O) groups excluding carboxylic acids is 2. The average molecular weight is 401 g/mol. The Labute approximate surface area is 165 Å². The molecule has 1 N–H and O–H groups in total. The molecule has 0 aromatic heterocycles. The van der Waals surface area contributed by atoms with Crippen molar-refractivity contribution in [1.29, 1.82) is 0 Å². The molecule has 28 heavy (non-hydrogen) atoms. The zero-order valence-corrected chi connectivity index (χ0v) is 16.7. The molecule has 2 aromatic rings. The molecule has 1 heterocycles. The molecule has 1 fully saturated rings. The molecule has 2 aromatic carbocycles. The molecule has 148 valence electrons. The molecule has 0 aliphatic carbocycles. The molecule has 2 amide bonds. The first-order chi connectivity index (χ1) is 13.3. The smallest absolute Gasteiger partial charge is 0.255 e. The van der Waals surface area contributed by atoms with Gasteiger partial charge >= 0.3 is 0 Å². The predicted octanol–water partition coefficient (Wildman–Crippen LogP) is 2.85. The fraction of sp³-hybridized carbons (Fsp3) is 0.300. The van der Waals surface area contributed by atoms with Crippen LogP contribution in [0.4, 0.5) is 17.1 Å². The van der Waals surface area contributed by atoms with Crippen LogP contribution in [0.2, 0.25) is 0 Å². The van der Waals surface area contributed by atoms with Gasteiger partial charge in [0.05, 0.1) is 11.9 Å². The normalized spacial score (nSPS) is 14.2. The van der Waals surface area contributed by atoms with Gasteiger partial charge in [0, 0.05) is 36.4 Å². The van der Waals surface area contributed by atoms with Crippen LogP contribution in [0.15, 0.2) is 48.5 Å². The topological polar surface area (TPSA) is 86.8 Å². The highest BCUT2D eigenvalue weighted by atomic mass is 32.2. The van der Waals surface area contributed by atoms with Gasteiger partial charge in [0.2, 0.25) is 15.9 Å². The van der Waals surface area contributed by atoms with Crippen molar-refractivity contribution in [2.45, 2.75) is 19.8 Å². The van der Waals surface area contributed by atoms with Crippen molar-refractivity contribution in [2.75, 3.05) is 33.9 Å². The maximum Gasteiger partial charge on any atom is 0.255 e. The monoisotopic (exact) mass is 401 g/mol. The molecule has 1 aliphatic rings. The van der Waals surface area contributed by atoms with Crippen LogP contribution in [-0.2, 0) is 14.8 Å². The summed E-state index contributed by atoms with van der Waals surface area (Å²) in [5.74, 6) is -0.175. The highest BCUT2D eigenvalue weighted by Crippen LogP contribution is 2.23. The number of amides is 2. The maximum atomic E-state index is 12.4. The van der Waals surface area contributed by atoms with E-state index in [1.807, 2.05) is 12.1 Å². The Hall–Kier alpha value is -2.87. The van der Waals surface area contributed by atoms with Gasteiger partial charge < -0.3 is 10.2 Å². The number of hydrogen-bond acceptors (Lipinski definition) is 4. The molecule has 0 bridgehead atoms. The van der Waals surface area contributed by atoms with Gasteiger partial charge in [-0.3, -0.25) is 13.9 Å². The Bertz CT molecular complexity index is 970. The molecule has 0 radical (unpaired) electrons. The first-order valence-corrected chi connectivity index (χ1v) is 10.9. The van der Waals surface area contributed by atoms with Crippen LogP contribution < -0.4 is 14.5 Å². The molecule has 0 atom stereocenters. The minimum Gasteiger partial charge on any atom is -0.322 e. The largest absolute Gasteiger partial charge is 0.322 e. The highest BCUT2D eigenvalue weighted by Gasteiger charge is 2.21. The van der Waals surface area contributed by atoms with Crippen LogP contribution in [0.1, 0.15) is 30.1 Å². The van der Waals surface area contributed by atoms with E-state index in [1.54, 1.807) is 48.2 Å². The van der Waals surface area contributed by atoms with Crippen LogP contribution in [0.25, 0.3) is 0 Å². The van der Waals surface area contributed by atoms with Crippen LogP contribution in [-0.4, -0.2) is 39.6 Å². The van der Waals surface area contributed by atoms with Crippen LogP contribution >= 0.6 is 0 Å². The van der Waals surface area contributed by atoms with E-state index in [0.29, 0.717) is 29.9 Å². The molecule has 3 rings (SSSR count). The third kappa shape index (κ3) is 4.33. The molecule has 0 unspecified atom stereocenters. The van der Waals surface area contributed by atoms with Crippen LogP contribution in [0.5, 0.6) is 0 Å². The second-order valence-corrected chi connectivity index (χ2v) is 8.53. The Morgan fingerprint density at radius 2 is 1.75 bits per heavy atom. The van der Waals surface area contributed by atoms with Crippen molar-refractivity contribution in [1.82, 2.24) is 0 Å². The van der Waals surface area contributed by atoms with Gasteiger partial charge in [-0.15, -0.1) is 0 Å². The molecule has 0 saturated carbocycles. The summed E-state index contributed by atoms with van der Waals surface area (Å²) in [5.41, 5.74) is 2.38. The quantitative estimate of drug-likeness (QED) is 0.806. The number of rotatable bonds is 6. The number of carbonyl (C=O) groups is 2. The molecule has 8 heteroatoms. The molecular formula is C20H23N3O4S. The van der Waals surface area contributed by atoms with Gasteiger partial charge in [0.25, 0.3) is 5.91 Å². The van der Waals surface area contributed by atoms with Crippen molar-refractivity contribution in [3.05, 3.63) is 54.1 Å². The second kappa shape index (κ2) is 8.02. The number of anilines is 3. The van der Waals surface area contributed by atoms with Crippen LogP contribution in [0.3, 0.4) is 0 Å². The molecule has 1 aliphatic heterocycles. The van der Waals surface area contributed by atoms with Crippen LogP contribution in [0, 0.1) is 0 Å². The SMILES string of the molecule is CCN(c1ccc(C(=O)Nc2ccc(N3CCCC3=O)cc2)cc1)S(C)(=O)=O. The van der Waals surface area contributed by atoms with Crippen molar-refractivity contribution in [3.63, 3.8) is 0 Å². The van der Waals surface area contributed by atoms with E-state index in [9.17, 15) is 18.0 Å².